The summed E-state index contributed by atoms with van der Waals surface area (Å²) in [6.07, 6.45) is 3.54. The van der Waals surface area contributed by atoms with E-state index in [0.717, 1.165) is 0 Å². The highest BCUT2D eigenvalue weighted by Crippen LogP contribution is 2.29. The summed E-state index contributed by atoms with van der Waals surface area (Å²) in [5, 5.41) is 56.1. The maximum Gasteiger partial charge on any atom is 0.475 e. The molecule has 2 saturated heterocycles. The molecule has 57 heavy (non-hydrogen) atoms. The Hall–Kier alpha value is -3.89. The van der Waals surface area contributed by atoms with E-state index in [0.29, 0.717) is 77.8 Å². The van der Waals surface area contributed by atoms with Crippen molar-refractivity contribution in [2.45, 2.75) is 77.3 Å². The van der Waals surface area contributed by atoms with Crippen LogP contribution in [0.5, 0.6) is 0 Å². The highest BCUT2D eigenvalue weighted by Gasteiger charge is 2.39. The first-order chi connectivity index (χ1) is 26.9. The molecule has 4 amide bonds. The number of rotatable bonds is 17. The van der Waals surface area contributed by atoms with Crippen LogP contribution in [0.1, 0.15) is 59.3 Å². The summed E-state index contributed by atoms with van der Waals surface area (Å²) in [4.78, 5) is 95.6. The summed E-state index contributed by atoms with van der Waals surface area (Å²) in [5.41, 5.74) is 0. The summed E-state index contributed by atoms with van der Waals surface area (Å²) in [5.74, 6) is -5.72. The van der Waals surface area contributed by atoms with Gasteiger partial charge in [-0.05, 0) is 57.3 Å². The fourth-order valence-electron chi connectivity index (χ4n) is 7.73. The second-order valence-electron chi connectivity index (χ2n) is 15.9. The Kier molecular flexibility index (Phi) is 19.6. The standard InChI is InChI=1S/C36H63BN8O12/c1-24(2)33(35(54)39-25(3)36(55)45-10-4-5-28(45)37(56)57)40-34(53)27-8-6-26(7-9-27)19-38-29(46)20-41-11-13-42(21-30(47)48)15-17-44(23-32(51)52)18-16-43(14-12-41)22-31(49)50/h24-28,33,56-57H,4-23H2,1-3H3,(H,38,46)(H,39,54)(H,40,53)(H,47,48)(H,49,50)(H,51,52)/t25-,26-,27-,28+,33+/m1/s1. The number of carboxylic acid groups (broad SMARTS) is 3. The molecule has 0 bridgehead atoms. The van der Waals surface area contributed by atoms with Gasteiger partial charge in [0, 0.05) is 71.4 Å². The van der Waals surface area contributed by atoms with Crippen molar-refractivity contribution in [3.05, 3.63) is 0 Å². The monoisotopic (exact) mass is 810 g/mol. The lowest BCUT2D eigenvalue weighted by atomic mass is 9.78. The predicted molar refractivity (Wildman–Crippen MR) is 206 cm³/mol. The van der Waals surface area contributed by atoms with Gasteiger partial charge in [-0.2, -0.15) is 0 Å². The lowest BCUT2D eigenvalue weighted by Crippen LogP contribution is -2.57. The molecule has 3 fully saturated rings. The molecule has 0 aromatic heterocycles. The zero-order valence-corrected chi connectivity index (χ0v) is 33.5. The van der Waals surface area contributed by atoms with E-state index in [9.17, 15) is 58.9 Å². The number of carbonyl (C=O) groups excluding carboxylic acids is 4. The molecule has 20 nitrogen and oxygen atoms in total. The molecule has 3 rings (SSSR count). The molecule has 0 spiro atoms. The number of hydrogen-bond acceptors (Lipinski definition) is 13. The van der Waals surface area contributed by atoms with E-state index in [1.165, 1.54) is 11.8 Å². The van der Waals surface area contributed by atoms with Gasteiger partial charge < -0.3 is 46.2 Å². The number of amides is 4. The summed E-state index contributed by atoms with van der Waals surface area (Å²) in [6, 6.07) is -1.81. The average molecular weight is 811 g/mol. The average Bonchev–Trinajstić information content (AvgIpc) is 3.63. The first kappa shape index (κ1) is 47.5. The quantitative estimate of drug-likeness (QED) is 0.0682. The number of aliphatic carboxylic acids is 3. The van der Waals surface area contributed by atoms with Gasteiger partial charge in [0.05, 0.1) is 32.1 Å². The second kappa shape index (κ2) is 23.5. The molecule has 322 valence electrons. The van der Waals surface area contributed by atoms with Crippen molar-refractivity contribution >= 4 is 48.7 Å². The third kappa shape index (κ3) is 16.5. The van der Waals surface area contributed by atoms with Gasteiger partial charge in [-0.3, -0.25) is 53.2 Å². The van der Waals surface area contributed by atoms with Crippen LogP contribution in [0, 0.1) is 17.8 Å². The van der Waals surface area contributed by atoms with E-state index in [1.807, 2.05) is 4.90 Å². The molecule has 1 saturated carbocycles. The van der Waals surface area contributed by atoms with Crippen LogP contribution < -0.4 is 16.0 Å². The van der Waals surface area contributed by atoms with E-state index < -0.39 is 54.9 Å². The van der Waals surface area contributed by atoms with Crippen LogP contribution in [0.15, 0.2) is 0 Å². The van der Waals surface area contributed by atoms with Crippen molar-refractivity contribution in [2.24, 2.45) is 17.8 Å². The second-order valence-corrected chi connectivity index (χ2v) is 15.9. The molecular formula is C36H63BN8O12. The highest BCUT2D eigenvalue weighted by atomic mass is 16.4. The lowest BCUT2D eigenvalue weighted by molar-refractivity contribution is -0.140. The molecule has 0 aromatic carbocycles. The first-order valence-corrected chi connectivity index (χ1v) is 20.0. The Bertz CT molecular complexity index is 1350. The molecule has 0 radical (unpaired) electrons. The Balaban J connectivity index is 1.50. The molecule has 3 atom stereocenters. The van der Waals surface area contributed by atoms with Crippen molar-refractivity contribution in [2.75, 3.05) is 91.6 Å². The van der Waals surface area contributed by atoms with Crippen LogP contribution in [0.25, 0.3) is 0 Å². The van der Waals surface area contributed by atoms with Gasteiger partial charge in [0.25, 0.3) is 0 Å². The maximum atomic E-state index is 13.3. The summed E-state index contributed by atoms with van der Waals surface area (Å²) >= 11 is 0. The Labute approximate surface area is 334 Å². The third-order valence-corrected chi connectivity index (χ3v) is 11.1. The van der Waals surface area contributed by atoms with E-state index >= 15 is 0 Å². The number of carbonyl (C=O) groups is 7. The van der Waals surface area contributed by atoms with Gasteiger partial charge in [0.2, 0.25) is 23.6 Å². The Morgan fingerprint density at radius 3 is 1.51 bits per heavy atom. The topological polar surface area (TPSA) is 273 Å². The minimum atomic E-state index is -1.67. The van der Waals surface area contributed by atoms with Crippen LogP contribution in [-0.2, 0) is 33.6 Å². The molecule has 8 N–H and O–H groups in total. The fraction of sp³-hybridized carbons (Fsp3) is 0.806. The van der Waals surface area contributed by atoms with Gasteiger partial charge in [-0.1, -0.05) is 13.8 Å². The van der Waals surface area contributed by atoms with Crippen molar-refractivity contribution in [3.8, 4) is 0 Å². The van der Waals surface area contributed by atoms with Crippen molar-refractivity contribution < 1.29 is 58.9 Å². The summed E-state index contributed by atoms with van der Waals surface area (Å²) in [6.45, 7) is 7.50. The summed E-state index contributed by atoms with van der Waals surface area (Å²) < 4.78 is 0. The minimum absolute atomic E-state index is 0.00951. The third-order valence-electron chi connectivity index (χ3n) is 11.1. The van der Waals surface area contributed by atoms with Crippen LogP contribution in [-0.4, -0.2) is 208 Å². The Morgan fingerprint density at radius 2 is 1.09 bits per heavy atom. The van der Waals surface area contributed by atoms with Gasteiger partial charge in [0.1, 0.15) is 12.1 Å². The predicted octanol–water partition coefficient (Wildman–Crippen LogP) is -2.97. The zero-order chi connectivity index (χ0) is 42.2. The van der Waals surface area contributed by atoms with Crippen molar-refractivity contribution in [1.82, 2.24) is 40.4 Å². The molecule has 0 unspecified atom stereocenters. The zero-order valence-electron chi connectivity index (χ0n) is 33.5. The van der Waals surface area contributed by atoms with Gasteiger partial charge in [-0.15, -0.1) is 0 Å². The van der Waals surface area contributed by atoms with Crippen LogP contribution >= 0.6 is 0 Å². The highest BCUT2D eigenvalue weighted by molar-refractivity contribution is 6.43. The molecule has 3 aliphatic rings. The van der Waals surface area contributed by atoms with Crippen molar-refractivity contribution in [3.63, 3.8) is 0 Å². The van der Waals surface area contributed by atoms with E-state index in [-0.39, 0.29) is 81.9 Å². The van der Waals surface area contributed by atoms with E-state index in [1.54, 1.807) is 28.5 Å². The Morgan fingerprint density at radius 1 is 0.632 bits per heavy atom. The molecular weight excluding hydrogens is 747 g/mol. The number of nitrogens with one attached hydrogen (secondary N) is 3. The molecule has 2 heterocycles. The number of hydrogen-bond donors (Lipinski definition) is 8. The normalized spacial score (nSPS) is 23.4. The molecule has 2 aliphatic heterocycles. The van der Waals surface area contributed by atoms with Gasteiger partial charge in [-0.25, -0.2) is 0 Å². The van der Waals surface area contributed by atoms with Gasteiger partial charge >= 0.3 is 25.0 Å². The fourth-order valence-corrected chi connectivity index (χ4v) is 7.73. The molecule has 1 aliphatic carbocycles. The van der Waals surface area contributed by atoms with E-state index in [4.69, 9.17) is 0 Å². The van der Waals surface area contributed by atoms with Gasteiger partial charge in [0.15, 0.2) is 0 Å². The van der Waals surface area contributed by atoms with E-state index in [2.05, 4.69) is 16.0 Å². The summed E-state index contributed by atoms with van der Waals surface area (Å²) in [7, 11) is -1.67. The van der Waals surface area contributed by atoms with Crippen LogP contribution in [0.4, 0.5) is 0 Å². The number of carboxylic acids is 3. The smallest absolute Gasteiger partial charge is 0.475 e. The largest absolute Gasteiger partial charge is 0.480 e. The van der Waals surface area contributed by atoms with Crippen molar-refractivity contribution in [1.29, 1.82) is 0 Å². The maximum absolute atomic E-state index is 13.3. The van der Waals surface area contributed by atoms with Crippen LogP contribution in [0.3, 0.4) is 0 Å². The molecule has 21 heteroatoms. The number of nitrogens with zero attached hydrogens (tertiary/aromatic N) is 5. The number of likely N-dealkylation sites (tertiary alicyclic amines) is 1. The minimum Gasteiger partial charge on any atom is -0.480 e. The van der Waals surface area contributed by atoms with Crippen LogP contribution in [0.2, 0.25) is 0 Å². The molecule has 0 aromatic rings. The SMILES string of the molecule is CC(C)[C@H](NC(=O)[C@H]1CC[C@H](CNC(=O)CN2CCN(CC(=O)O)CCN(CC(=O)O)CCN(CC(=O)O)CC2)CC1)C(=O)N[C@H](C)C(=O)N1CCC[C@H]1B(O)O. The lowest BCUT2D eigenvalue weighted by Gasteiger charge is -2.33. The first-order valence-electron chi connectivity index (χ1n) is 20.0.